The molecule has 0 spiro atoms. The lowest BCUT2D eigenvalue weighted by atomic mass is 10.2. The molecule has 1 aromatic carbocycles. The van der Waals surface area contributed by atoms with E-state index in [0.29, 0.717) is 12.4 Å². The molecule has 0 unspecified atom stereocenters. The molecule has 1 aliphatic rings. The standard InChI is InChI=1S/C14H22N2O2/c1-12-13(17)4-3-5-14(12)18-11-10-16-8-6-15(2)7-9-16/h3-5,17H,6-11H2,1-2H3. The molecule has 4 nitrogen and oxygen atoms in total. The largest absolute Gasteiger partial charge is 0.508 e. The number of aromatic hydroxyl groups is 1. The third-order valence-electron chi connectivity index (χ3n) is 3.52. The third-order valence-corrected chi connectivity index (χ3v) is 3.52. The number of hydrogen-bond acceptors (Lipinski definition) is 4. The maximum atomic E-state index is 9.58. The Kier molecular flexibility index (Phi) is 4.44. The minimum absolute atomic E-state index is 0.298. The Hall–Kier alpha value is -1.26. The first-order valence-electron chi connectivity index (χ1n) is 6.49. The van der Waals surface area contributed by atoms with Crippen LogP contribution in [-0.2, 0) is 0 Å². The molecule has 1 aliphatic heterocycles. The summed E-state index contributed by atoms with van der Waals surface area (Å²) in [6, 6.07) is 5.40. The molecule has 0 bridgehead atoms. The molecule has 0 radical (unpaired) electrons. The SMILES string of the molecule is Cc1c(O)cccc1OCCN1CCN(C)CC1. The molecule has 0 saturated carbocycles. The van der Waals surface area contributed by atoms with E-state index < -0.39 is 0 Å². The Morgan fingerprint density at radius 1 is 1.22 bits per heavy atom. The van der Waals surface area contributed by atoms with Crippen LogP contribution in [0.2, 0.25) is 0 Å². The molecule has 1 N–H and O–H groups in total. The quantitative estimate of drug-likeness (QED) is 0.874. The Bertz CT molecular complexity index is 387. The van der Waals surface area contributed by atoms with Gasteiger partial charge in [-0.3, -0.25) is 4.90 Å². The first-order chi connectivity index (χ1) is 8.66. The second-order valence-electron chi connectivity index (χ2n) is 4.89. The number of hydrogen-bond donors (Lipinski definition) is 1. The van der Waals surface area contributed by atoms with E-state index in [1.807, 2.05) is 19.1 Å². The van der Waals surface area contributed by atoms with Crippen LogP contribution in [-0.4, -0.2) is 61.3 Å². The van der Waals surface area contributed by atoms with Crippen molar-refractivity contribution >= 4 is 0 Å². The first-order valence-corrected chi connectivity index (χ1v) is 6.49. The van der Waals surface area contributed by atoms with Crippen molar-refractivity contribution in [1.82, 2.24) is 9.80 Å². The maximum Gasteiger partial charge on any atom is 0.125 e. The number of ether oxygens (including phenoxy) is 1. The van der Waals surface area contributed by atoms with Gasteiger partial charge in [0.1, 0.15) is 18.1 Å². The Morgan fingerprint density at radius 2 is 1.94 bits per heavy atom. The van der Waals surface area contributed by atoms with Gasteiger partial charge in [-0.2, -0.15) is 0 Å². The molecule has 2 rings (SSSR count). The van der Waals surface area contributed by atoms with Crippen molar-refractivity contribution in [2.75, 3.05) is 46.4 Å². The second-order valence-corrected chi connectivity index (χ2v) is 4.89. The van der Waals surface area contributed by atoms with E-state index in [1.165, 1.54) is 0 Å². The summed E-state index contributed by atoms with van der Waals surface area (Å²) in [5.74, 6) is 1.08. The molecule has 18 heavy (non-hydrogen) atoms. The minimum Gasteiger partial charge on any atom is -0.508 e. The molecule has 1 fully saturated rings. The molecule has 0 aromatic heterocycles. The van der Waals surface area contributed by atoms with Crippen LogP contribution in [0.25, 0.3) is 0 Å². The Labute approximate surface area is 109 Å². The number of benzene rings is 1. The summed E-state index contributed by atoms with van der Waals surface area (Å²) in [7, 11) is 2.16. The van der Waals surface area contributed by atoms with Crippen molar-refractivity contribution in [2.24, 2.45) is 0 Å². The number of phenolic OH excluding ortho intramolecular Hbond substituents is 1. The van der Waals surface area contributed by atoms with Crippen molar-refractivity contribution in [3.63, 3.8) is 0 Å². The fourth-order valence-electron chi connectivity index (χ4n) is 2.12. The molecule has 0 atom stereocenters. The van der Waals surface area contributed by atoms with Gasteiger partial charge in [-0.25, -0.2) is 0 Å². The van der Waals surface area contributed by atoms with Crippen LogP contribution < -0.4 is 4.74 Å². The molecule has 100 valence electrons. The topological polar surface area (TPSA) is 35.9 Å². The van der Waals surface area contributed by atoms with Crippen molar-refractivity contribution in [1.29, 1.82) is 0 Å². The number of phenols is 1. The van der Waals surface area contributed by atoms with Gasteiger partial charge in [0, 0.05) is 38.3 Å². The highest BCUT2D eigenvalue weighted by molar-refractivity contribution is 5.42. The van der Waals surface area contributed by atoms with Crippen molar-refractivity contribution < 1.29 is 9.84 Å². The van der Waals surface area contributed by atoms with Crippen molar-refractivity contribution in [3.05, 3.63) is 23.8 Å². The van der Waals surface area contributed by atoms with Crippen molar-refractivity contribution in [2.45, 2.75) is 6.92 Å². The molecule has 1 heterocycles. The highest BCUT2D eigenvalue weighted by Crippen LogP contribution is 2.25. The molecule has 0 aliphatic carbocycles. The van der Waals surface area contributed by atoms with Crippen LogP contribution in [0.1, 0.15) is 5.56 Å². The Balaban J connectivity index is 1.77. The second kappa shape index (κ2) is 6.07. The summed E-state index contributed by atoms with van der Waals surface area (Å²) in [5, 5.41) is 9.58. The van der Waals surface area contributed by atoms with E-state index in [-0.39, 0.29) is 0 Å². The molecule has 4 heteroatoms. The normalized spacial score (nSPS) is 17.9. The van der Waals surface area contributed by atoms with Gasteiger partial charge < -0.3 is 14.7 Å². The summed E-state index contributed by atoms with van der Waals surface area (Å²) in [5.41, 5.74) is 0.816. The van der Waals surface area contributed by atoms with Crippen LogP contribution >= 0.6 is 0 Å². The number of nitrogens with zero attached hydrogens (tertiary/aromatic N) is 2. The van der Waals surface area contributed by atoms with E-state index in [4.69, 9.17) is 4.74 Å². The van der Waals surface area contributed by atoms with Gasteiger partial charge >= 0.3 is 0 Å². The first kappa shape index (κ1) is 13.2. The van der Waals surface area contributed by atoms with Crippen LogP contribution in [0.3, 0.4) is 0 Å². The van der Waals surface area contributed by atoms with Gasteiger partial charge in [-0.1, -0.05) is 6.07 Å². The number of likely N-dealkylation sites (N-methyl/N-ethyl adjacent to an activating group) is 1. The van der Waals surface area contributed by atoms with E-state index >= 15 is 0 Å². The zero-order valence-corrected chi connectivity index (χ0v) is 11.2. The minimum atomic E-state index is 0.298. The lowest BCUT2D eigenvalue weighted by molar-refractivity contribution is 0.133. The van der Waals surface area contributed by atoms with Gasteiger partial charge in [-0.05, 0) is 26.1 Å². The summed E-state index contributed by atoms with van der Waals surface area (Å²) < 4.78 is 5.73. The third kappa shape index (κ3) is 3.37. The molecule has 1 aromatic rings. The van der Waals surface area contributed by atoms with Crippen LogP contribution in [0.15, 0.2) is 18.2 Å². The lowest BCUT2D eigenvalue weighted by Gasteiger charge is -2.32. The summed E-state index contributed by atoms with van der Waals surface area (Å²) >= 11 is 0. The highest BCUT2D eigenvalue weighted by atomic mass is 16.5. The van der Waals surface area contributed by atoms with E-state index in [1.54, 1.807) is 6.07 Å². The molecule has 1 saturated heterocycles. The van der Waals surface area contributed by atoms with Gasteiger partial charge in [0.25, 0.3) is 0 Å². The molecular formula is C14H22N2O2. The van der Waals surface area contributed by atoms with Crippen LogP contribution in [0, 0.1) is 6.92 Å². The van der Waals surface area contributed by atoms with Gasteiger partial charge in [-0.15, -0.1) is 0 Å². The predicted molar refractivity (Wildman–Crippen MR) is 72.3 cm³/mol. The number of rotatable bonds is 4. The molecular weight excluding hydrogens is 228 g/mol. The highest BCUT2D eigenvalue weighted by Gasteiger charge is 2.13. The van der Waals surface area contributed by atoms with Crippen LogP contribution in [0.4, 0.5) is 0 Å². The van der Waals surface area contributed by atoms with Gasteiger partial charge in [0.15, 0.2) is 0 Å². The average Bonchev–Trinajstić information content (AvgIpc) is 2.37. The molecule has 0 amide bonds. The fourth-order valence-corrected chi connectivity index (χ4v) is 2.12. The Morgan fingerprint density at radius 3 is 2.67 bits per heavy atom. The lowest BCUT2D eigenvalue weighted by Crippen LogP contribution is -2.45. The summed E-state index contributed by atoms with van der Waals surface area (Å²) in [6.45, 7) is 7.98. The predicted octanol–water partition coefficient (Wildman–Crippen LogP) is 1.33. The number of piperazine rings is 1. The van der Waals surface area contributed by atoms with Gasteiger partial charge in [0.2, 0.25) is 0 Å². The monoisotopic (exact) mass is 250 g/mol. The zero-order valence-electron chi connectivity index (χ0n) is 11.2. The zero-order chi connectivity index (χ0) is 13.0. The van der Waals surface area contributed by atoms with Gasteiger partial charge in [0.05, 0.1) is 0 Å². The maximum absolute atomic E-state index is 9.58. The van der Waals surface area contributed by atoms with E-state index in [0.717, 1.165) is 44.0 Å². The summed E-state index contributed by atoms with van der Waals surface area (Å²) in [4.78, 5) is 4.76. The van der Waals surface area contributed by atoms with Crippen LogP contribution in [0.5, 0.6) is 11.5 Å². The summed E-state index contributed by atoms with van der Waals surface area (Å²) in [6.07, 6.45) is 0. The van der Waals surface area contributed by atoms with E-state index in [9.17, 15) is 5.11 Å². The van der Waals surface area contributed by atoms with E-state index in [2.05, 4.69) is 16.8 Å². The smallest absolute Gasteiger partial charge is 0.125 e. The fraction of sp³-hybridized carbons (Fsp3) is 0.571. The average molecular weight is 250 g/mol. The van der Waals surface area contributed by atoms with Crippen molar-refractivity contribution in [3.8, 4) is 11.5 Å².